The van der Waals surface area contributed by atoms with Crippen LogP contribution in [0.3, 0.4) is 0 Å². The molecular weight excluding hydrogens is 352 g/mol. The molecule has 0 spiro atoms. The van der Waals surface area contributed by atoms with Gasteiger partial charge in [-0.25, -0.2) is 19.6 Å². The molecular formula is C21H22N6O. The number of carbonyl (C=O) groups excluding carboxylic acids is 1. The third-order valence-electron chi connectivity index (χ3n) is 3.93. The van der Waals surface area contributed by atoms with E-state index in [1.807, 2.05) is 52.0 Å². The van der Waals surface area contributed by atoms with Crippen LogP contribution < -0.4 is 5.32 Å². The molecule has 3 heterocycles. The monoisotopic (exact) mass is 374 g/mol. The van der Waals surface area contributed by atoms with E-state index in [1.165, 1.54) is 0 Å². The first-order valence-electron chi connectivity index (χ1n) is 9.04. The highest BCUT2D eigenvalue weighted by Gasteiger charge is 2.20. The van der Waals surface area contributed by atoms with Crippen LogP contribution >= 0.6 is 0 Å². The third-order valence-corrected chi connectivity index (χ3v) is 3.93. The van der Waals surface area contributed by atoms with Crippen molar-refractivity contribution >= 4 is 5.91 Å². The molecule has 142 valence electrons. The van der Waals surface area contributed by atoms with Gasteiger partial charge < -0.3 is 5.32 Å². The van der Waals surface area contributed by atoms with Crippen molar-refractivity contribution in [3.8, 4) is 17.8 Å². The maximum atomic E-state index is 12.7. The summed E-state index contributed by atoms with van der Waals surface area (Å²) in [7, 11) is 0. The average molecular weight is 374 g/mol. The largest absolute Gasteiger partial charge is 0.341 e. The Morgan fingerprint density at radius 1 is 1.21 bits per heavy atom. The van der Waals surface area contributed by atoms with E-state index in [9.17, 15) is 4.79 Å². The minimum Gasteiger partial charge on any atom is -0.341 e. The van der Waals surface area contributed by atoms with E-state index in [0.29, 0.717) is 22.9 Å². The van der Waals surface area contributed by atoms with Gasteiger partial charge >= 0.3 is 0 Å². The van der Waals surface area contributed by atoms with E-state index in [2.05, 4.69) is 37.2 Å². The fourth-order valence-corrected chi connectivity index (χ4v) is 2.69. The molecule has 1 amide bonds. The first-order valence-corrected chi connectivity index (χ1v) is 9.04. The number of nitrogens with one attached hydrogen (secondary N) is 1. The summed E-state index contributed by atoms with van der Waals surface area (Å²) < 4.78 is 1.56. The first kappa shape index (κ1) is 19.2. The summed E-state index contributed by atoms with van der Waals surface area (Å²) in [6, 6.07) is 7.41. The minimum atomic E-state index is -0.227. The molecule has 0 atom stereocenters. The molecule has 0 saturated heterocycles. The van der Waals surface area contributed by atoms with E-state index < -0.39 is 0 Å². The van der Waals surface area contributed by atoms with Crippen LogP contribution in [-0.2, 0) is 0 Å². The lowest BCUT2D eigenvalue weighted by molar-refractivity contribution is 0.0957. The molecule has 0 aromatic carbocycles. The predicted octanol–water partition coefficient (Wildman–Crippen LogP) is 2.58. The zero-order valence-electron chi connectivity index (χ0n) is 16.4. The Morgan fingerprint density at radius 2 is 1.96 bits per heavy atom. The van der Waals surface area contributed by atoms with Gasteiger partial charge in [0.2, 0.25) is 0 Å². The van der Waals surface area contributed by atoms with Gasteiger partial charge in [-0.1, -0.05) is 25.8 Å². The van der Waals surface area contributed by atoms with Gasteiger partial charge in [-0.15, -0.1) is 0 Å². The van der Waals surface area contributed by atoms with Crippen molar-refractivity contribution in [1.82, 2.24) is 30.0 Å². The van der Waals surface area contributed by atoms with Gasteiger partial charge in [-0.05, 0) is 43.9 Å². The van der Waals surface area contributed by atoms with Crippen molar-refractivity contribution < 1.29 is 4.79 Å². The second kappa shape index (κ2) is 8.44. The molecule has 0 unspecified atom stereocenters. The van der Waals surface area contributed by atoms with Crippen LogP contribution in [0.1, 0.15) is 52.9 Å². The molecule has 3 aromatic heterocycles. The molecule has 0 fully saturated rings. The van der Waals surface area contributed by atoms with Crippen molar-refractivity contribution in [2.45, 2.75) is 33.6 Å². The summed E-state index contributed by atoms with van der Waals surface area (Å²) in [6.07, 6.45) is 3.35. The molecule has 0 aliphatic carbocycles. The first-order chi connectivity index (χ1) is 13.4. The van der Waals surface area contributed by atoms with Gasteiger partial charge in [0.1, 0.15) is 5.69 Å². The summed E-state index contributed by atoms with van der Waals surface area (Å²) in [5.41, 5.74) is 3.55. The van der Waals surface area contributed by atoms with Gasteiger partial charge in [0.05, 0.1) is 17.8 Å². The number of carbonyl (C=O) groups is 1. The lowest BCUT2D eigenvalue weighted by Gasteiger charge is -2.04. The molecule has 7 nitrogen and oxygen atoms in total. The number of amides is 1. The Hall–Kier alpha value is -3.53. The van der Waals surface area contributed by atoms with E-state index in [4.69, 9.17) is 0 Å². The molecule has 3 aromatic rings. The second-order valence-corrected chi connectivity index (χ2v) is 6.68. The van der Waals surface area contributed by atoms with Crippen LogP contribution in [0.15, 0.2) is 36.7 Å². The van der Waals surface area contributed by atoms with Crippen LogP contribution in [0.2, 0.25) is 0 Å². The van der Waals surface area contributed by atoms with Crippen molar-refractivity contribution in [2.24, 2.45) is 0 Å². The van der Waals surface area contributed by atoms with Crippen LogP contribution in [-0.4, -0.2) is 37.2 Å². The Labute approximate surface area is 164 Å². The van der Waals surface area contributed by atoms with Gasteiger partial charge in [-0.3, -0.25) is 4.79 Å². The molecule has 0 aliphatic heterocycles. The van der Waals surface area contributed by atoms with Gasteiger partial charge in [0.15, 0.2) is 0 Å². The molecule has 0 radical (unpaired) electrons. The zero-order chi connectivity index (χ0) is 20.1. The summed E-state index contributed by atoms with van der Waals surface area (Å²) in [5, 5.41) is 7.36. The number of rotatable bonds is 4. The van der Waals surface area contributed by atoms with Crippen molar-refractivity contribution in [3.63, 3.8) is 0 Å². The lowest BCUT2D eigenvalue weighted by atomic mass is 10.1. The average Bonchev–Trinajstić information content (AvgIpc) is 3.11. The topological polar surface area (TPSA) is 85.6 Å². The second-order valence-electron chi connectivity index (χ2n) is 6.68. The van der Waals surface area contributed by atoms with E-state index in [-0.39, 0.29) is 18.4 Å². The van der Waals surface area contributed by atoms with Gasteiger partial charge in [0, 0.05) is 23.8 Å². The highest BCUT2D eigenvalue weighted by molar-refractivity contribution is 5.95. The Kier molecular flexibility index (Phi) is 5.80. The molecule has 0 saturated carbocycles. The summed E-state index contributed by atoms with van der Waals surface area (Å²) in [4.78, 5) is 25.6. The zero-order valence-corrected chi connectivity index (χ0v) is 16.4. The lowest BCUT2D eigenvalue weighted by Crippen LogP contribution is -2.24. The fourth-order valence-electron chi connectivity index (χ4n) is 2.69. The quantitative estimate of drug-likeness (QED) is 0.710. The number of nitrogens with zero attached hydrogens (tertiary/aromatic N) is 5. The van der Waals surface area contributed by atoms with Crippen LogP contribution in [0, 0.1) is 25.7 Å². The number of hydrogen-bond acceptors (Lipinski definition) is 5. The normalized spacial score (nSPS) is 10.5. The molecule has 7 heteroatoms. The van der Waals surface area contributed by atoms with E-state index in [0.717, 1.165) is 11.4 Å². The van der Waals surface area contributed by atoms with Crippen LogP contribution in [0.25, 0.3) is 5.95 Å². The highest BCUT2D eigenvalue weighted by Crippen LogP contribution is 2.19. The number of aromatic nitrogens is 5. The smallest absolute Gasteiger partial charge is 0.255 e. The minimum absolute atomic E-state index is 0.0764. The standard InChI is InChI=1S/C21H22N6O/c1-14(2)19-18(13-27(26-19)21-24-15(3)12-16(4)25-21)20(28)23-11-7-9-17-8-5-6-10-22-17/h5-6,8,10,12-14H,11H2,1-4H3,(H,23,28). The summed E-state index contributed by atoms with van der Waals surface area (Å²) >= 11 is 0. The molecule has 0 bridgehead atoms. The van der Waals surface area contributed by atoms with Crippen molar-refractivity contribution in [2.75, 3.05) is 6.54 Å². The van der Waals surface area contributed by atoms with E-state index >= 15 is 0 Å². The van der Waals surface area contributed by atoms with Gasteiger partial charge in [0.25, 0.3) is 11.9 Å². The van der Waals surface area contributed by atoms with Gasteiger partial charge in [-0.2, -0.15) is 5.10 Å². The summed E-state index contributed by atoms with van der Waals surface area (Å²) in [5.74, 6) is 6.13. The van der Waals surface area contributed by atoms with E-state index in [1.54, 1.807) is 17.1 Å². The summed E-state index contributed by atoms with van der Waals surface area (Å²) in [6.45, 7) is 8.01. The molecule has 1 N–H and O–H groups in total. The Morgan fingerprint density at radius 3 is 2.61 bits per heavy atom. The fraction of sp³-hybridized carbons (Fsp3) is 0.286. The highest BCUT2D eigenvalue weighted by atomic mass is 16.1. The van der Waals surface area contributed by atoms with Crippen LogP contribution in [0.4, 0.5) is 0 Å². The number of aryl methyl sites for hydroxylation is 2. The number of pyridine rings is 1. The third kappa shape index (κ3) is 4.60. The Balaban J connectivity index is 1.79. The SMILES string of the molecule is Cc1cc(C)nc(-n2cc(C(=O)NCC#Cc3ccccn3)c(C(C)C)n2)n1. The molecule has 28 heavy (non-hydrogen) atoms. The Bertz CT molecular complexity index is 1020. The molecule has 3 rings (SSSR count). The maximum Gasteiger partial charge on any atom is 0.255 e. The predicted molar refractivity (Wildman–Crippen MR) is 106 cm³/mol. The molecule has 0 aliphatic rings. The van der Waals surface area contributed by atoms with Crippen molar-refractivity contribution in [3.05, 3.63) is 65.0 Å². The van der Waals surface area contributed by atoms with Crippen LogP contribution in [0.5, 0.6) is 0 Å². The maximum absolute atomic E-state index is 12.7. The number of hydrogen-bond donors (Lipinski definition) is 1. The van der Waals surface area contributed by atoms with Crippen molar-refractivity contribution in [1.29, 1.82) is 0 Å².